The average molecular weight is 410 g/mol. The number of nitrogens with zero attached hydrogens (tertiary/aromatic N) is 2. The molecule has 0 bridgehead atoms. The Morgan fingerprint density at radius 2 is 2.07 bits per heavy atom. The van der Waals surface area contributed by atoms with Crippen LogP contribution in [0, 0.1) is 16.6 Å². The SMILES string of the molecule is CCOC(=O)C1CC[NH+](Cn2nc([C@H](C)Oc3ccc(F)cc3)oc2=S)CC1. The minimum atomic E-state index is -0.460. The molecule has 1 aromatic carbocycles. The van der Waals surface area contributed by atoms with E-state index in [9.17, 15) is 9.18 Å². The first kappa shape index (κ1) is 20.5. The standard InChI is InChI=1S/C19H24FN3O4S/c1-3-25-18(24)14-8-10-22(11-9-14)12-23-19(28)27-17(21-23)13(2)26-16-6-4-15(20)5-7-16/h4-7,13-14H,3,8-12H2,1-2H3/p+1/t13-/m0/s1. The molecule has 0 amide bonds. The fourth-order valence-corrected chi connectivity index (χ4v) is 3.44. The van der Waals surface area contributed by atoms with Crippen LogP contribution in [-0.2, 0) is 16.2 Å². The zero-order chi connectivity index (χ0) is 20.1. The molecule has 152 valence electrons. The first-order chi connectivity index (χ1) is 13.5. The van der Waals surface area contributed by atoms with Crippen LogP contribution in [0.2, 0.25) is 0 Å². The van der Waals surface area contributed by atoms with Gasteiger partial charge in [0, 0.05) is 12.8 Å². The van der Waals surface area contributed by atoms with Crippen LogP contribution in [0.15, 0.2) is 28.7 Å². The molecule has 1 atom stereocenters. The van der Waals surface area contributed by atoms with Gasteiger partial charge in [0.25, 0.3) is 10.7 Å². The number of carbonyl (C=O) groups is 1. The second-order valence-electron chi connectivity index (χ2n) is 6.85. The molecule has 7 nitrogen and oxygen atoms in total. The number of quaternary nitrogens is 1. The molecule has 1 fully saturated rings. The van der Waals surface area contributed by atoms with Crippen molar-refractivity contribution in [2.24, 2.45) is 5.92 Å². The number of piperidine rings is 1. The van der Waals surface area contributed by atoms with E-state index in [2.05, 4.69) is 5.10 Å². The first-order valence-corrected chi connectivity index (χ1v) is 9.87. The lowest BCUT2D eigenvalue weighted by atomic mass is 9.97. The molecule has 1 N–H and O–H groups in total. The number of hydrogen-bond donors (Lipinski definition) is 1. The fourth-order valence-electron chi connectivity index (χ4n) is 3.25. The highest BCUT2D eigenvalue weighted by atomic mass is 32.1. The summed E-state index contributed by atoms with van der Waals surface area (Å²) in [5.74, 6) is 0.449. The molecule has 0 radical (unpaired) electrons. The van der Waals surface area contributed by atoms with Crippen LogP contribution >= 0.6 is 12.2 Å². The summed E-state index contributed by atoms with van der Waals surface area (Å²) in [6.07, 6.45) is 1.12. The number of hydrogen-bond acceptors (Lipinski definition) is 6. The van der Waals surface area contributed by atoms with E-state index in [0.717, 1.165) is 25.9 Å². The van der Waals surface area contributed by atoms with Crippen LogP contribution in [0.4, 0.5) is 4.39 Å². The van der Waals surface area contributed by atoms with Gasteiger partial charge in [-0.1, -0.05) is 0 Å². The van der Waals surface area contributed by atoms with E-state index in [1.54, 1.807) is 23.7 Å². The Kier molecular flexibility index (Phi) is 6.79. The summed E-state index contributed by atoms with van der Waals surface area (Å²) in [4.78, 5) is 13.4. The van der Waals surface area contributed by atoms with E-state index >= 15 is 0 Å². The Morgan fingerprint density at radius 1 is 1.39 bits per heavy atom. The number of benzene rings is 1. The highest BCUT2D eigenvalue weighted by Crippen LogP contribution is 2.21. The second kappa shape index (κ2) is 9.29. The number of carbonyl (C=O) groups excluding carboxylic acids is 1. The van der Waals surface area contributed by atoms with Crippen molar-refractivity contribution in [3.05, 3.63) is 40.8 Å². The van der Waals surface area contributed by atoms with E-state index in [-0.39, 0.29) is 22.5 Å². The summed E-state index contributed by atoms with van der Waals surface area (Å²) in [5, 5.41) is 4.44. The van der Waals surface area contributed by atoms with Crippen LogP contribution in [0.5, 0.6) is 5.75 Å². The number of likely N-dealkylation sites (tertiary alicyclic amines) is 1. The van der Waals surface area contributed by atoms with Gasteiger partial charge in [-0.25, -0.2) is 4.39 Å². The van der Waals surface area contributed by atoms with E-state index in [1.807, 2.05) is 6.92 Å². The molecule has 1 aliphatic heterocycles. The topological polar surface area (TPSA) is 70.9 Å². The quantitative estimate of drug-likeness (QED) is 0.558. The van der Waals surface area contributed by atoms with Gasteiger partial charge in [-0.3, -0.25) is 4.79 Å². The number of ether oxygens (including phenoxy) is 2. The molecule has 0 spiro atoms. The highest BCUT2D eigenvalue weighted by molar-refractivity contribution is 7.71. The summed E-state index contributed by atoms with van der Waals surface area (Å²) in [5.41, 5.74) is 0. The van der Waals surface area contributed by atoms with Gasteiger partial charge in [-0.15, -0.1) is 5.10 Å². The first-order valence-electron chi connectivity index (χ1n) is 9.46. The number of nitrogens with one attached hydrogen (secondary N) is 1. The Balaban J connectivity index is 1.56. The predicted molar refractivity (Wildman–Crippen MR) is 101 cm³/mol. The monoisotopic (exact) mass is 410 g/mol. The molecule has 1 aliphatic rings. The average Bonchev–Trinajstić information content (AvgIpc) is 3.05. The van der Waals surface area contributed by atoms with E-state index in [4.69, 9.17) is 26.1 Å². The van der Waals surface area contributed by atoms with E-state index in [1.165, 1.54) is 17.0 Å². The molecule has 9 heteroatoms. The van der Waals surface area contributed by atoms with Crippen LogP contribution in [0.1, 0.15) is 38.7 Å². The van der Waals surface area contributed by atoms with E-state index in [0.29, 0.717) is 24.9 Å². The smallest absolute Gasteiger partial charge is 0.309 e. The van der Waals surface area contributed by atoms with Crippen molar-refractivity contribution < 1.29 is 28.0 Å². The maximum atomic E-state index is 13.0. The molecule has 0 aliphatic carbocycles. The van der Waals surface area contributed by atoms with Crippen molar-refractivity contribution in [3.63, 3.8) is 0 Å². The maximum Gasteiger partial charge on any atom is 0.309 e. The molecular weight excluding hydrogens is 385 g/mol. The van der Waals surface area contributed by atoms with Gasteiger partial charge in [0.1, 0.15) is 11.6 Å². The minimum absolute atomic E-state index is 0.0197. The predicted octanol–water partition coefficient (Wildman–Crippen LogP) is 2.30. The molecule has 2 heterocycles. The van der Waals surface area contributed by atoms with Gasteiger partial charge in [0.05, 0.1) is 25.6 Å². The zero-order valence-electron chi connectivity index (χ0n) is 16.0. The van der Waals surface area contributed by atoms with Crippen molar-refractivity contribution >= 4 is 18.2 Å². The van der Waals surface area contributed by atoms with Gasteiger partial charge in [0.15, 0.2) is 12.8 Å². The maximum absolute atomic E-state index is 13.0. The third-order valence-corrected chi connectivity index (χ3v) is 5.08. The van der Waals surface area contributed by atoms with Crippen molar-refractivity contribution in [1.82, 2.24) is 9.78 Å². The highest BCUT2D eigenvalue weighted by Gasteiger charge is 2.29. The van der Waals surface area contributed by atoms with Crippen LogP contribution in [-0.4, -0.2) is 35.4 Å². The summed E-state index contributed by atoms with van der Waals surface area (Å²) in [6, 6.07) is 5.77. The summed E-state index contributed by atoms with van der Waals surface area (Å²) in [6.45, 7) is 6.29. The lowest BCUT2D eigenvalue weighted by molar-refractivity contribution is -0.929. The number of aromatic nitrogens is 2. The Bertz CT molecular complexity index is 844. The summed E-state index contributed by atoms with van der Waals surface area (Å²) in [7, 11) is 0. The molecule has 0 unspecified atom stereocenters. The van der Waals surface area contributed by atoms with E-state index < -0.39 is 6.10 Å². The summed E-state index contributed by atoms with van der Waals surface area (Å²) < 4.78 is 31.1. The molecule has 2 aromatic rings. The Labute approximate surface area is 168 Å². The van der Waals surface area contributed by atoms with Crippen molar-refractivity contribution in [1.29, 1.82) is 0 Å². The van der Waals surface area contributed by atoms with Crippen molar-refractivity contribution in [2.75, 3.05) is 19.7 Å². The normalized spacial score (nSPS) is 20.5. The largest absolute Gasteiger partial charge is 0.481 e. The summed E-state index contributed by atoms with van der Waals surface area (Å²) >= 11 is 5.28. The van der Waals surface area contributed by atoms with Crippen LogP contribution in [0.3, 0.4) is 0 Å². The molecular formula is C19H25FN3O4S+. The molecule has 1 saturated heterocycles. The molecule has 28 heavy (non-hydrogen) atoms. The minimum Gasteiger partial charge on any atom is -0.481 e. The van der Waals surface area contributed by atoms with Gasteiger partial charge in [-0.2, -0.15) is 4.68 Å². The molecule has 0 saturated carbocycles. The lowest BCUT2D eigenvalue weighted by Gasteiger charge is -2.27. The zero-order valence-corrected chi connectivity index (χ0v) is 16.8. The third-order valence-electron chi connectivity index (χ3n) is 4.78. The van der Waals surface area contributed by atoms with Crippen LogP contribution in [0.25, 0.3) is 0 Å². The second-order valence-corrected chi connectivity index (χ2v) is 7.20. The molecule has 1 aromatic heterocycles. The van der Waals surface area contributed by atoms with Gasteiger partial charge < -0.3 is 18.8 Å². The number of esters is 1. The Hall–Kier alpha value is -2.26. The van der Waals surface area contributed by atoms with Crippen LogP contribution < -0.4 is 9.64 Å². The number of rotatable bonds is 7. The molecule has 3 rings (SSSR count). The fraction of sp³-hybridized carbons (Fsp3) is 0.526. The third kappa shape index (κ3) is 5.17. The van der Waals surface area contributed by atoms with Crippen molar-refractivity contribution in [3.8, 4) is 5.75 Å². The lowest BCUT2D eigenvalue weighted by Crippen LogP contribution is -3.12. The van der Waals surface area contributed by atoms with Gasteiger partial charge >= 0.3 is 5.97 Å². The van der Waals surface area contributed by atoms with Crippen molar-refractivity contribution in [2.45, 2.75) is 39.5 Å². The number of halogens is 1. The van der Waals surface area contributed by atoms with Gasteiger partial charge in [0.2, 0.25) is 0 Å². The Morgan fingerprint density at radius 3 is 2.71 bits per heavy atom. The van der Waals surface area contributed by atoms with Gasteiger partial charge in [-0.05, 0) is 50.3 Å².